The molecule has 0 saturated heterocycles. The van der Waals surface area contributed by atoms with Gasteiger partial charge in [0.25, 0.3) is 5.91 Å². The molecule has 6 nitrogen and oxygen atoms in total. The Morgan fingerprint density at radius 1 is 1.04 bits per heavy atom. The van der Waals surface area contributed by atoms with Gasteiger partial charge >= 0.3 is 0 Å². The molecule has 0 aliphatic rings. The molecule has 0 aromatic heterocycles. The summed E-state index contributed by atoms with van der Waals surface area (Å²) in [6.07, 6.45) is 0. The van der Waals surface area contributed by atoms with E-state index in [1.165, 1.54) is 7.05 Å². The predicted octanol–water partition coefficient (Wildman–Crippen LogP) is 1.74. The fourth-order valence-electron chi connectivity index (χ4n) is 2.25. The third-order valence-corrected chi connectivity index (χ3v) is 5.02. The van der Waals surface area contributed by atoms with E-state index < -0.39 is 10.0 Å². The highest BCUT2D eigenvalue weighted by Gasteiger charge is 2.12. The summed E-state index contributed by atoms with van der Waals surface area (Å²) in [5.41, 5.74) is 2.36. The highest BCUT2D eigenvalue weighted by Crippen LogP contribution is 2.16. The van der Waals surface area contributed by atoms with Crippen LogP contribution < -0.4 is 14.8 Å². The lowest BCUT2D eigenvalue weighted by atomic mass is 10.1. The van der Waals surface area contributed by atoms with E-state index >= 15 is 0 Å². The maximum absolute atomic E-state index is 12.0. The topological polar surface area (TPSA) is 84.5 Å². The molecule has 0 spiro atoms. The number of sulfonamides is 1. The van der Waals surface area contributed by atoms with Gasteiger partial charge in [-0.25, -0.2) is 13.1 Å². The molecule has 0 aliphatic carbocycles. The van der Waals surface area contributed by atoms with Crippen LogP contribution in [0.1, 0.15) is 16.7 Å². The van der Waals surface area contributed by atoms with Crippen molar-refractivity contribution in [3.8, 4) is 5.75 Å². The number of hydrogen-bond acceptors (Lipinski definition) is 4. The van der Waals surface area contributed by atoms with Crippen molar-refractivity contribution in [2.75, 3.05) is 13.7 Å². The number of benzene rings is 2. The molecule has 0 heterocycles. The predicted molar refractivity (Wildman–Crippen MR) is 96.6 cm³/mol. The van der Waals surface area contributed by atoms with Crippen LogP contribution in [0.3, 0.4) is 0 Å². The van der Waals surface area contributed by atoms with Crippen LogP contribution in [0.5, 0.6) is 5.75 Å². The largest absolute Gasteiger partial charge is 0.484 e. The molecule has 0 bridgehead atoms. The molecule has 134 valence electrons. The normalized spacial score (nSPS) is 11.1. The van der Waals surface area contributed by atoms with Crippen LogP contribution in [0.15, 0.2) is 48.5 Å². The van der Waals surface area contributed by atoms with Crippen molar-refractivity contribution < 1.29 is 17.9 Å². The van der Waals surface area contributed by atoms with Gasteiger partial charge in [-0.1, -0.05) is 42.5 Å². The summed E-state index contributed by atoms with van der Waals surface area (Å²) >= 11 is 0. The number of para-hydroxylation sites is 1. The molecule has 2 N–H and O–H groups in total. The lowest BCUT2D eigenvalue weighted by Gasteiger charge is -2.12. The van der Waals surface area contributed by atoms with Crippen molar-refractivity contribution in [2.24, 2.45) is 0 Å². The van der Waals surface area contributed by atoms with Gasteiger partial charge < -0.3 is 10.1 Å². The fourth-order valence-corrected chi connectivity index (χ4v) is 3.09. The number of carbonyl (C=O) groups is 1. The van der Waals surface area contributed by atoms with Crippen LogP contribution >= 0.6 is 0 Å². The molecular formula is C18H22N2O4S. The van der Waals surface area contributed by atoms with Gasteiger partial charge in [-0.2, -0.15) is 0 Å². The average molecular weight is 362 g/mol. The van der Waals surface area contributed by atoms with Crippen LogP contribution in [0.2, 0.25) is 0 Å². The molecule has 2 rings (SSSR count). The second-order valence-corrected chi connectivity index (χ2v) is 7.49. The quantitative estimate of drug-likeness (QED) is 0.749. The van der Waals surface area contributed by atoms with Gasteiger partial charge in [0.15, 0.2) is 6.61 Å². The minimum atomic E-state index is -3.37. The monoisotopic (exact) mass is 362 g/mol. The number of hydrogen-bond donors (Lipinski definition) is 2. The molecule has 2 aromatic rings. The van der Waals surface area contributed by atoms with Crippen molar-refractivity contribution in [1.82, 2.24) is 10.0 Å². The summed E-state index contributed by atoms with van der Waals surface area (Å²) in [7, 11) is -1.99. The number of aryl methyl sites for hydroxylation is 1. The van der Waals surface area contributed by atoms with E-state index in [1.807, 2.05) is 25.1 Å². The second kappa shape index (κ2) is 8.64. The van der Waals surface area contributed by atoms with Crippen LogP contribution in [0, 0.1) is 6.92 Å². The smallest absolute Gasteiger partial charge is 0.258 e. The Labute approximate surface area is 148 Å². The van der Waals surface area contributed by atoms with Gasteiger partial charge in [-0.15, -0.1) is 0 Å². The summed E-state index contributed by atoms with van der Waals surface area (Å²) in [6, 6.07) is 14.6. The molecule has 0 radical (unpaired) electrons. The highest BCUT2D eigenvalue weighted by atomic mass is 32.2. The summed E-state index contributed by atoms with van der Waals surface area (Å²) in [5, 5.41) is 2.75. The molecule has 0 atom stereocenters. The van der Waals surface area contributed by atoms with Crippen LogP contribution in [-0.4, -0.2) is 28.0 Å². The van der Waals surface area contributed by atoms with Crippen LogP contribution in [0.25, 0.3) is 0 Å². The number of amides is 1. The summed E-state index contributed by atoms with van der Waals surface area (Å²) in [4.78, 5) is 12.0. The summed E-state index contributed by atoms with van der Waals surface area (Å²) in [6.45, 7) is 2.05. The number of ether oxygens (including phenoxy) is 1. The van der Waals surface area contributed by atoms with Gasteiger partial charge in [0.05, 0.1) is 5.75 Å². The molecule has 2 aromatic carbocycles. The zero-order valence-electron chi connectivity index (χ0n) is 14.3. The Morgan fingerprint density at radius 2 is 1.68 bits per heavy atom. The molecule has 0 unspecified atom stereocenters. The second-order valence-electron chi connectivity index (χ2n) is 5.56. The Balaban J connectivity index is 1.93. The van der Waals surface area contributed by atoms with Gasteiger partial charge in [-0.05, 0) is 36.7 Å². The molecular weight excluding hydrogens is 340 g/mol. The number of carbonyl (C=O) groups excluding carboxylic acids is 1. The van der Waals surface area contributed by atoms with Crippen molar-refractivity contribution in [2.45, 2.75) is 19.2 Å². The van der Waals surface area contributed by atoms with E-state index in [0.717, 1.165) is 11.1 Å². The minimum absolute atomic E-state index is 0.0954. The van der Waals surface area contributed by atoms with Gasteiger partial charge in [0.1, 0.15) is 5.75 Å². The molecule has 7 heteroatoms. The molecule has 25 heavy (non-hydrogen) atoms. The molecule has 0 aliphatic heterocycles. The highest BCUT2D eigenvalue weighted by molar-refractivity contribution is 7.88. The third-order valence-electron chi connectivity index (χ3n) is 3.70. The first-order chi connectivity index (χ1) is 11.9. The van der Waals surface area contributed by atoms with E-state index in [1.54, 1.807) is 30.3 Å². The molecule has 0 fully saturated rings. The minimum Gasteiger partial charge on any atom is -0.484 e. The Morgan fingerprint density at radius 3 is 2.36 bits per heavy atom. The van der Waals surface area contributed by atoms with E-state index in [0.29, 0.717) is 11.3 Å². The standard InChI is InChI=1S/C18H22N2O4S/c1-14-7-3-6-10-17(14)24-12-18(21)20-11-15-8-4-5-9-16(15)13-25(22,23)19-2/h3-10,19H,11-13H2,1-2H3,(H,20,21). The lowest BCUT2D eigenvalue weighted by molar-refractivity contribution is -0.123. The maximum atomic E-state index is 12.0. The fraction of sp³-hybridized carbons (Fsp3) is 0.278. The first-order valence-electron chi connectivity index (χ1n) is 7.84. The first-order valence-corrected chi connectivity index (χ1v) is 9.49. The van der Waals surface area contributed by atoms with Crippen molar-refractivity contribution in [3.63, 3.8) is 0 Å². The van der Waals surface area contributed by atoms with Crippen molar-refractivity contribution >= 4 is 15.9 Å². The van der Waals surface area contributed by atoms with Crippen molar-refractivity contribution in [3.05, 3.63) is 65.2 Å². The maximum Gasteiger partial charge on any atom is 0.258 e. The van der Waals surface area contributed by atoms with Crippen LogP contribution in [-0.2, 0) is 27.1 Å². The average Bonchev–Trinajstić information content (AvgIpc) is 2.60. The Kier molecular flexibility index (Phi) is 6.55. The number of rotatable bonds is 8. The summed E-state index contributed by atoms with van der Waals surface area (Å²) < 4.78 is 31.3. The SMILES string of the molecule is CNS(=O)(=O)Cc1ccccc1CNC(=O)COc1ccccc1C. The van der Waals surface area contributed by atoms with E-state index in [-0.39, 0.29) is 24.8 Å². The lowest BCUT2D eigenvalue weighted by Crippen LogP contribution is -2.29. The zero-order valence-corrected chi connectivity index (χ0v) is 15.1. The number of nitrogens with one attached hydrogen (secondary N) is 2. The van der Waals surface area contributed by atoms with E-state index in [4.69, 9.17) is 4.74 Å². The van der Waals surface area contributed by atoms with Crippen LogP contribution in [0.4, 0.5) is 0 Å². The first kappa shape index (κ1) is 19.0. The molecule has 0 saturated carbocycles. The molecule has 1 amide bonds. The van der Waals surface area contributed by atoms with Gasteiger partial charge in [0.2, 0.25) is 10.0 Å². The Bertz CT molecular complexity index is 834. The zero-order chi connectivity index (χ0) is 18.3. The Hall–Kier alpha value is -2.38. The van der Waals surface area contributed by atoms with E-state index in [9.17, 15) is 13.2 Å². The van der Waals surface area contributed by atoms with E-state index in [2.05, 4.69) is 10.0 Å². The summed E-state index contributed by atoms with van der Waals surface area (Å²) in [5.74, 6) is 0.266. The van der Waals surface area contributed by atoms with Gasteiger partial charge in [-0.3, -0.25) is 4.79 Å². The van der Waals surface area contributed by atoms with Crippen molar-refractivity contribution in [1.29, 1.82) is 0 Å². The third kappa shape index (κ3) is 5.88. The van der Waals surface area contributed by atoms with Gasteiger partial charge in [0, 0.05) is 6.54 Å².